The van der Waals surface area contributed by atoms with Crippen LogP contribution in [0.25, 0.3) is 6.08 Å². The number of carbonyl (C=O) groups is 2. The van der Waals surface area contributed by atoms with Crippen molar-refractivity contribution in [1.82, 2.24) is 5.32 Å². The highest BCUT2D eigenvalue weighted by Crippen LogP contribution is 2.38. The number of nitrogens with one attached hydrogen (secondary N) is 2. The Hall–Kier alpha value is -3.31. The van der Waals surface area contributed by atoms with E-state index in [1.807, 2.05) is 48.5 Å². The zero-order chi connectivity index (χ0) is 20.9. The fraction of sp³-hybridized carbons (Fsp3) is 0.120. The van der Waals surface area contributed by atoms with E-state index in [9.17, 15) is 9.59 Å². The number of benzene rings is 3. The van der Waals surface area contributed by atoms with Crippen LogP contribution in [0.3, 0.4) is 0 Å². The highest BCUT2D eigenvalue weighted by Gasteiger charge is 2.20. The molecule has 3 aromatic rings. The second-order valence-electron chi connectivity index (χ2n) is 7.18. The number of hydrogen-bond donors (Lipinski definition) is 2. The second kappa shape index (κ2) is 9.01. The summed E-state index contributed by atoms with van der Waals surface area (Å²) < 4.78 is 0. The smallest absolute Gasteiger partial charge is 0.262 e. The van der Waals surface area contributed by atoms with Gasteiger partial charge >= 0.3 is 0 Å². The van der Waals surface area contributed by atoms with Crippen LogP contribution in [-0.4, -0.2) is 18.4 Å². The third-order valence-electron chi connectivity index (χ3n) is 4.83. The molecule has 0 unspecified atom stereocenters. The van der Waals surface area contributed by atoms with E-state index in [2.05, 4.69) is 35.8 Å². The minimum absolute atomic E-state index is 0.0967. The normalized spacial score (nSPS) is 14.2. The summed E-state index contributed by atoms with van der Waals surface area (Å²) in [6.45, 7) is 2.65. The van der Waals surface area contributed by atoms with Gasteiger partial charge in [0.05, 0.1) is 10.6 Å². The first kappa shape index (κ1) is 20.0. The molecule has 150 valence electrons. The molecule has 1 heterocycles. The lowest BCUT2D eigenvalue weighted by atomic mass is 10.1. The largest absolute Gasteiger partial charge is 0.352 e. The number of fused-ring (bicyclic) bond motifs is 1. The lowest BCUT2D eigenvalue weighted by molar-refractivity contribution is -0.112. The monoisotopic (exact) mass is 414 g/mol. The molecule has 0 radical (unpaired) electrons. The van der Waals surface area contributed by atoms with Crippen LogP contribution in [0.1, 0.15) is 27.0 Å². The second-order valence-corrected chi connectivity index (χ2v) is 8.26. The van der Waals surface area contributed by atoms with E-state index in [0.29, 0.717) is 17.0 Å². The lowest BCUT2D eigenvalue weighted by Gasteiger charge is -2.18. The summed E-state index contributed by atoms with van der Waals surface area (Å²) in [6.07, 6.45) is 2.64. The van der Waals surface area contributed by atoms with Gasteiger partial charge in [-0.2, -0.15) is 0 Å². The van der Waals surface area contributed by atoms with E-state index in [0.717, 1.165) is 22.6 Å². The Morgan fingerprint density at radius 2 is 1.83 bits per heavy atom. The molecule has 0 bridgehead atoms. The van der Waals surface area contributed by atoms with Gasteiger partial charge in [-0.3, -0.25) is 9.59 Å². The highest BCUT2D eigenvalue weighted by molar-refractivity contribution is 8.04. The van der Waals surface area contributed by atoms with Gasteiger partial charge in [0.15, 0.2) is 0 Å². The first-order valence-corrected chi connectivity index (χ1v) is 10.6. The molecule has 1 aliphatic rings. The van der Waals surface area contributed by atoms with Crippen molar-refractivity contribution in [3.63, 3.8) is 0 Å². The van der Waals surface area contributed by atoms with Crippen LogP contribution in [0.15, 0.2) is 82.6 Å². The maximum Gasteiger partial charge on any atom is 0.262 e. The molecule has 0 saturated heterocycles. The number of rotatable bonds is 5. The first-order chi connectivity index (χ1) is 14.6. The third-order valence-corrected chi connectivity index (χ3v) is 5.93. The van der Waals surface area contributed by atoms with Crippen LogP contribution >= 0.6 is 11.8 Å². The summed E-state index contributed by atoms with van der Waals surface area (Å²) >= 11 is 1.45. The van der Waals surface area contributed by atoms with E-state index in [4.69, 9.17) is 0 Å². The molecule has 1 aliphatic heterocycles. The zero-order valence-electron chi connectivity index (χ0n) is 16.6. The van der Waals surface area contributed by atoms with Crippen molar-refractivity contribution in [2.24, 2.45) is 0 Å². The van der Waals surface area contributed by atoms with Gasteiger partial charge in [-0.05, 0) is 54.8 Å². The molecule has 0 saturated carbocycles. The summed E-state index contributed by atoms with van der Waals surface area (Å²) in [4.78, 5) is 26.4. The van der Waals surface area contributed by atoms with Gasteiger partial charge in [-0.15, -0.1) is 0 Å². The number of para-hydroxylation sites is 1. The predicted molar refractivity (Wildman–Crippen MR) is 123 cm³/mol. The molecule has 2 amide bonds. The third kappa shape index (κ3) is 4.81. The molecular weight excluding hydrogens is 392 g/mol. The zero-order valence-corrected chi connectivity index (χ0v) is 17.5. The van der Waals surface area contributed by atoms with Crippen LogP contribution in [-0.2, 0) is 11.2 Å². The maximum absolute atomic E-state index is 12.4. The topological polar surface area (TPSA) is 58.2 Å². The number of carbonyl (C=O) groups excluding carboxylic acids is 2. The fourth-order valence-electron chi connectivity index (χ4n) is 3.27. The number of aryl methyl sites for hydroxylation is 1. The summed E-state index contributed by atoms with van der Waals surface area (Å²) in [5.74, 6) is -0.211. The molecule has 0 spiro atoms. The van der Waals surface area contributed by atoms with Crippen molar-refractivity contribution >= 4 is 35.3 Å². The van der Waals surface area contributed by atoms with Gasteiger partial charge in [0.25, 0.3) is 11.8 Å². The lowest BCUT2D eigenvalue weighted by Crippen LogP contribution is -2.25. The number of thioether (sulfide) groups is 1. The first-order valence-electron chi connectivity index (χ1n) is 9.82. The quantitative estimate of drug-likeness (QED) is 0.574. The van der Waals surface area contributed by atoms with E-state index in [1.165, 1.54) is 22.9 Å². The van der Waals surface area contributed by atoms with Crippen molar-refractivity contribution in [2.45, 2.75) is 18.2 Å². The summed E-state index contributed by atoms with van der Waals surface area (Å²) in [7, 11) is 0. The average molecular weight is 415 g/mol. The van der Waals surface area contributed by atoms with E-state index in [-0.39, 0.29) is 11.8 Å². The van der Waals surface area contributed by atoms with Crippen molar-refractivity contribution in [1.29, 1.82) is 0 Å². The van der Waals surface area contributed by atoms with Crippen LogP contribution in [0.4, 0.5) is 5.69 Å². The maximum atomic E-state index is 12.4. The standard InChI is InChI=1S/C25H22N2O2S/c1-17-5-4-6-18(15-17)13-14-26-24(28)20-11-9-19(10-12-20)16-23-25(29)27-21-7-2-3-8-22(21)30-23/h2-12,15-16H,13-14H2,1H3,(H,26,28)(H,27,29). The van der Waals surface area contributed by atoms with Gasteiger partial charge in [0, 0.05) is 17.0 Å². The minimum Gasteiger partial charge on any atom is -0.352 e. The molecule has 0 fully saturated rings. The minimum atomic E-state index is -0.114. The van der Waals surface area contributed by atoms with E-state index >= 15 is 0 Å². The van der Waals surface area contributed by atoms with E-state index in [1.54, 1.807) is 12.1 Å². The Bertz CT molecular complexity index is 1120. The van der Waals surface area contributed by atoms with Gasteiger partial charge in [0.2, 0.25) is 0 Å². The average Bonchev–Trinajstić information content (AvgIpc) is 2.75. The molecule has 4 rings (SSSR count). The van der Waals surface area contributed by atoms with Crippen LogP contribution in [0.2, 0.25) is 0 Å². The Morgan fingerprint density at radius 3 is 2.63 bits per heavy atom. The van der Waals surface area contributed by atoms with Crippen LogP contribution in [0.5, 0.6) is 0 Å². The van der Waals surface area contributed by atoms with Crippen molar-refractivity contribution < 1.29 is 9.59 Å². The SMILES string of the molecule is Cc1cccc(CCNC(=O)c2ccc(C=C3Sc4ccccc4NC3=O)cc2)c1. The molecule has 4 nitrogen and oxygen atoms in total. The van der Waals surface area contributed by atoms with Gasteiger partial charge in [-0.25, -0.2) is 0 Å². The van der Waals surface area contributed by atoms with Crippen molar-refractivity contribution in [3.05, 3.63) is 100.0 Å². The Morgan fingerprint density at radius 1 is 1.03 bits per heavy atom. The molecule has 0 aromatic heterocycles. The van der Waals surface area contributed by atoms with Gasteiger partial charge in [0.1, 0.15) is 0 Å². The molecule has 2 N–H and O–H groups in total. The number of anilines is 1. The number of amides is 2. The molecule has 3 aromatic carbocycles. The predicted octanol–water partition coefficient (Wildman–Crippen LogP) is 5.05. The fourth-order valence-corrected chi connectivity index (χ4v) is 4.23. The molecule has 5 heteroatoms. The Kier molecular flexibility index (Phi) is 6.00. The Labute approximate surface area is 180 Å². The summed E-state index contributed by atoms with van der Waals surface area (Å²) in [5.41, 5.74) is 4.75. The van der Waals surface area contributed by atoms with Gasteiger partial charge in [-0.1, -0.05) is 65.9 Å². The number of hydrogen-bond acceptors (Lipinski definition) is 3. The summed E-state index contributed by atoms with van der Waals surface area (Å²) in [5, 5.41) is 5.87. The van der Waals surface area contributed by atoms with Crippen LogP contribution in [0, 0.1) is 6.92 Å². The van der Waals surface area contributed by atoms with Crippen molar-refractivity contribution in [2.75, 3.05) is 11.9 Å². The summed E-state index contributed by atoms with van der Waals surface area (Å²) in [6, 6.07) is 23.3. The van der Waals surface area contributed by atoms with E-state index < -0.39 is 0 Å². The molecule has 30 heavy (non-hydrogen) atoms. The van der Waals surface area contributed by atoms with Crippen LogP contribution < -0.4 is 10.6 Å². The van der Waals surface area contributed by atoms with Gasteiger partial charge < -0.3 is 10.6 Å². The molecular formula is C25H22N2O2S. The molecule has 0 aliphatic carbocycles. The van der Waals surface area contributed by atoms with Crippen molar-refractivity contribution in [3.8, 4) is 0 Å². The molecule has 0 atom stereocenters. The Balaban J connectivity index is 1.37. The highest BCUT2D eigenvalue weighted by atomic mass is 32.2.